The lowest BCUT2D eigenvalue weighted by Gasteiger charge is -2.36. The molecule has 6 rings (SSSR count). The molecule has 0 spiro atoms. The Balaban J connectivity index is 1.38. The highest BCUT2D eigenvalue weighted by molar-refractivity contribution is 5.71. The van der Waals surface area contributed by atoms with Gasteiger partial charge in [0.1, 0.15) is 6.33 Å². The number of rotatable bonds is 8. The minimum Gasteiger partial charge on any atom is -0.390 e. The van der Waals surface area contributed by atoms with Gasteiger partial charge in [-0.15, -0.1) is 0 Å². The summed E-state index contributed by atoms with van der Waals surface area (Å²) < 4.78 is 8.98. The number of aliphatic hydroxyl groups is 1. The average molecular weight is 524 g/mol. The fourth-order valence-corrected chi connectivity index (χ4v) is 6.16. The molecule has 2 aromatic carbocycles. The molecule has 4 aromatic rings. The quantitative estimate of drug-likeness (QED) is 0.338. The van der Waals surface area contributed by atoms with E-state index in [1.807, 2.05) is 53.0 Å². The number of benzene rings is 2. The highest BCUT2D eigenvalue weighted by Gasteiger charge is 2.40. The minimum absolute atomic E-state index is 0.0504. The SMILES string of the molecule is CCCc1c(Cc2ccc(-c3ccccc3)c(C#N)c2)c(=O)n(C2CCC(O)(CC3CO3)CC2)c2ncnn12. The predicted molar refractivity (Wildman–Crippen MR) is 147 cm³/mol. The number of epoxide rings is 1. The number of nitrogens with zero attached hydrogens (tertiary/aromatic N) is 5. The van der Waals surface area contributed by atoms with Crippen molar-refractivity contribution in [1.29, 1.82) is 5.26 Å². The first kappa shape index (κ1) is 25.5. The second-order valence-corrected chi connectivity index (χ2v) is 11.0. The molecular formula is C31H33N5O3. The molecule has 1 atom stereocenters. The number of hydrogen-bond acceptors (Lipinski definition) is 6. The van der Waals surface area contributed by atoms with Crippen molar-refractivity contribution < 1.29 is 9.84 Å². The summed E-state index contributed by atoms with van der Waals surface area (Å²) in [6.07, 6.45) is 6.96. The van der Waals surface area contributed by atoms with E-state index in [0.29, 0.717) is 61.9 Å². The van der Waals surface area contributed by atoms with Gasteiger partial charge in [-0.1, -0.05) is 55.8 Å². The van der Waals surface area contributed by atoms with E-state index in [4.69, 9.17) is 4.74 Å². The summed E-state index contributed by atoms with van der Waals surface area (Å²) >= 11 is 0. The normalized spacial score (nSPS) is 22.6. The molecule has 1 saturated heterocycles. The van der Waals surface area contributed by atoms with Crippen LogP contribution in [0.1, 0.15) is 73.9 Å². The van der Waals surface area contributed by atoms with Gasteiger partial charge in [-0.05, 0) is 54.9 Å². The number of aryl methyl sites for hydroxylation is 1. The van der Waals surface area contributed by atoms with Crippen LogP contribution in [0.5, 0.6) is 0 Å². The summed E-state index contributed by atoms with van der Waals surface area (Å²) in [6.45, 7) is 2.82. The summed E-state index contributed by atoms with van der Waals surface area (Å²) in [6, 6.07) is 18.0. The smallest absolute Gasteiger partial charge is 0.259 e. The van der Waals surface area contributed by atoms with Crippen LogP contribution in [0.3, 0.4) is 0 Å². The number of ether oxygens (including phenoxy) is 1. The summed E-state index contributed by atoms with van der Waals surface area (Å²) in [5.41, 5.74) is 4.15. The summed E-state index contributed by atoms with van der Waals surface area (Å²) in [5.74, 6) is 0.560. The topological polar surface area (TPSA) is 109 Å². The van der Waals surface area contributed by atoms with Crippen molar-refractivity contribution in [3.8, 4) is 17.2 Å². The third kappa shape index (κ3) is 5.00. The van der Waals surface area contributed by atoms with E-state index in [-0.39, 0.29) is 17.7 Å². The fourth-order valence-electron chi connectivity index (χ4n) is 6.16. The number of aromatic nitrogens is 4. The van der Waals surface area contributed by atoms with Crippen molar-refractivity contribution in [2.45, 2.75) is 76.0 Å². The molecule has 3 heterocycles. The second-order valence-electron chi connectivity index (χ2n) is 11.0. The Labute approximate surface area is 227 Å². The van der Waals surface area contributed by atoms with Crippen LogP contribution in [0.2, 0.25) is 0 Å². The molecule has 1 N–H and O–H groups in total. The van der Waals surface area contributed by atoms with Crippen molar-refractivity contribution in [2.75, 3.05) is 6.61 Å². The van der Waals surface area contributed by atoms with Crippen LogP contribution in [0.4, 0.5) is 0 Å². The van der Waals surface area contributed by atoms with E-state index < -0.39 is 5.60 Å². The van der Waals surface area contributed by atoms with Gasteiger partial charge in [0.05, 0.1) is 35.6 Å². The Kier molecular flexibility index (Phi) is 6.79. The first-order valence-corrected chi connectivity index (χ1v) is 13.9. The zero-order chi connectivity index (χ0) is 27.0. The van der Waals surface area contributed by atoms with Gasteiger partial charge in [0.25, 0.3) is 5.56 Å². The number of nitriles is 1. The summed E-state index contributed by atoms with van der Waals surface area (Å²) in [4.78, 5) is 18.7. The molecule has 1 saturated carbocycles. The molecule has 1 unspecified atom stereocenters. The van der Waals surface area contributed by atoms with Crippen LogP contribution >= 0.6 is 0 Å². The van der Waals surface area contributed by atoms with Gasteiger partial charge in [-0.3, -0.25) is 9.36 Å². The van der Waals surface area contributed by atoms with E-state index >= 15 is 0 Å². The molecule has 0 bridgehead atoms. The standard InChI is InChI=1S/C31H33N5O3/c1-2-6-28-27(16-21-9-10-26(23(15-21)18-32)22-7-4-3-5-8-22)29(37)35(30-33-20-34-36(28)30)24-11-13-31(38,14-12-24)17-25-19-39-25/h3-5,7-10,15,20,24-25,38H,2,6,11-14,16-17,19H2,1H3. The maximum absolute atomic E-state index is 14.2. The number of fused-ring (bicyclic) bond motifs is 1. The first-order valence-electron chi connectivity index (χ1n) is 13.9. The van der Waals surface area contributed by atoms with Crippen LogP contribution in [-0.2, 0) is 17.6 Å². The predicted octanol–water partition coefficient (Wildman–Crippen LogP) is 4.61. The lowest BCUT2D eigenvalue weighted by Crippen LogP contribution is -2.39. The highest BCUT2D eigenvalue weighted by atomic mass is 16.6. The average Bonchev–Trinajstić information content (AvgIpc) is 3.63. The molecule has 1 aliphatic carbocycles. The van der Waals surface area contributed by atoms with Gasteiger partial charge in [0.2, 0.25) is 5.78 Å². The van der Waals surface area contributed by atoms with Crippen LogP contribution in [-0.4, -0.2) is 42.6 Å². The van der Waals surface area contributed by atoms with E-state index in [9.17, 15) is 15.2 Å². The Hall–Kier alpha value is -3.80. The van der Waals surface area contributed by atoms with Crippen molar-refractivity contribution in [2.24, 2.45) is 0 Å². The van der Waals surface area contributed by atoms with E-state index in [2.05, 4.69) is 23.1 Å². The second kappa shape index (κ2) is 10.4. The zero-order valence-corrected chi connectivity index (χ0v) is 22.2. The van der Waals surface area contributed by atoms with Gasteiger partial charge < -0.3 is 9.84 Å². The molecule has 1 aliphatic heterocycles. The molecule has 2 fully saturated rings. The van der Waals surface area contributed by atoms with Gasteiger partial charge in [0, 0.05) is 24.4 Å². The molecule has 0 radical (unpaired) electrons. The van der Waals surface area contributed by atoms with Crippen LogP contribution in [0.15, 0.2) is 59.7 Å². The van der Waals surface area contributed by atoms with Gasteiger partial charge in [-0.25, -0.2) is 4.52 Å². The maximum Gasteiger partial charge on any atom is 0.259 e. The maximum atomic E-state index is 14.2. The Morgan fingerprint density at radius 3 is 2.64 bits per heavy atom. The van der Waals surface area contributed by atoms with Gasteiger partial charge >= 0.3 is 0 Å². The zero-order valence-electron chi connectivity index (χ0n) is 22.2. The molecule has 8 nitrogen and oxygen atoms in total. The fraction of sp³-hybridized carbons (Fsp3) is 0.419. The number of hydrogen-bond donors (Lipinski definition) is 1. The largest absolute Gasteiger partial charge is 0.390 e. The monoisotopic (exact) mass is 523 g/mol. The van der Waals surface area contributed by atoms with Crippen LogP contribution < -0.4 is 5.56 Å². The molecule has 2 aliphatic rings. The Morgan fingerprint density at radius 1 is 1.18 bits per heavy atom. The molecule has 0 amide bonds. The van der Waals surface area contributed by atoms with Crippen molar-refractivity contribution >= 4 is 5.78 Å². The lowest BCUT2D eigenvalue weighted by atomic mass is 9.79. The Bertz CT molecular complexity index is 1590. The van der Waals surface area contributed by atoms with Crippen LogP contribution in [0.25, 0.3) is 16.9 Å². The molecule has 8 heteroatoms. The van der Waals surface area contributed by atoms with E-state index in [1.54, 1.807) is 4.57 Å². The molecular weight excluding hydrogens is 490 g/mol. The molecule has 200 valence electrons. The lowest BCUT2D eigenvalue weighted by molar-refractivity contribution is -0.0201. The van der Waals surface area contributed by atoms with Crippen molar-refractivity contribution in [1.82, 2.24) is 19.2 Å². The van der Waals surface area contributed by atoms with Crippen LogP contribution in [0, 0.1) is 11.3 Å². The Morgan fingerprint density at radius 2 is 1.95 bits per heavy atom. The third-order valence-electron chi connectivity index (χ3n) is 8.24. The molecule has 39 heavy (non-hydrogen) atoms. The van der Waals surface area contributed by atoms with E-state index in [1.165, 1.54) is 6.33 Å². The third-order valence-corrected chi connectivity index (χ3v) is 8.24. The summed E-state index contributed by atoms with van der Waals surface area (Å²) in [7, 11) is 0. The van der Waals surface area contributed by atoms with Crippen molar-refractivity contribution in [3.05, 3.63) is 87.6 Å². The van der Waals surface area contributed by atoms with Crippen molar-refractivity contribution in [3.63, 3.8) is 0 Å². The van der Waals surface area contributed by atoms with E-state index in [0.717, 1.165) is 35.4 Å². The van der Waals surface area contributed by atoms with Gasteiger partial charge in [0.15, 0.2) is 0 Å². The minimum atomic E-state index is -0.732. The summed E-state index contributed by atoms with van der Waals surface area (Å²) in [5, 5.41) is 25.5. The molecule has 2 aromatic heterocycles. The first-order chi connectivity index (χ1) is 19.0. The van der Waals surface area contributed by atoms with Gasteiger partial charge in [-0.2, -0.15) is 15.3 Å². The highest BCUT2D eigenvalue weighted by Crippen LogP contribution is 2.39.